The van der Waals surface area contributed by atoms with Crippen molar-refractivity contribution in [3.8, 4) is 0 Å². The molecule has 0 saturated heterocycles. The molecule has 1 rings (SSSR count). The van der Waals surface area contributed by atoms with Gasteiger partial charge in [-0.3, -0.25) is 0 Å². The Balaban J connectivity index is 2.32. The van der Waals surface area contributed by atoms with E-state index < -0.39 is 0 Å². The molecule has 0 nitrogen and oxygen atoms in total. The van der Waals surface area contributed by atoms with Crippen LogP contribution in [-0.4, -0.2) is 5.75 Å². The summed E-state index contributed by atoms with van der Waals surface area (Å²) in [6, 6.07) is 8.16. The maximum Gasteiger partial charge on any atom is 0.0512 e. The Morgan fingerprint density at radius 1 is 1.23 bits per heavy atom. The first-order valence-corrected chi connectivity index (χ1v) is 6.13. The Morgan fingerprint density at radius 3 is 2.69 bits per heavy atom. The molecule has 13 heavy (non-hydrogen) atoms. The number of unbranched alkanes of at least 4 members (excludes halogenated alkanes) is 2. The highest BCUT2D eigenvalue weighted by molar-refractivity contribution is 7.99. The van der Waals surface area contributed by atoms with Gasteiger partial charge in [0.05, 0.1) is 4.90 Å². The van der Waals surface area contributed by atoms with Crippen LogP contribution in [0.2, 0.25) is 0 Å². The van der Waals surface area contributed by atoms with E-state index >= 15 is 0 Å². The van der Waals surface area contributed by atoms with E-state index in [0.29, 0.717) is 0 Å². The zero-order valence-electron chi connectivity index (χ0n) is 7.95. The van der Waals surface area contributed by atoms with Gasteiger partial charge in [-0.05, 0) is 24.3 Å². The fraction of sp³-hybridized carbons (Fsp3) is 0.455. The van der Waals surface area contributed by atoms with Gasteiger partial charge in [-0.2, -0.15) is 0 Å². The minimum absolute atomic E-state index is 0.990. The minimum Gasteiger partial charge on any atom is -0.125 e. The lowest BCUT2D eigenvalue weighted by Gasteiger charge is -2.02. The van der Waals surface area contributed by atoms with Crippen LogP contribution in [0.15, 0.2) is 34.1 Å². The molecule has 0 spiro atoms. The third-order valence-corrected chi connectivity index (χ3v) is 3.50. The van der Waals surface area contributed by atoms with Crippen LogP contribution in [0, 0.1) is 0 Å². The second-order valence-electron chi connectivity index (χ2n) is 3.00. The van der Waals surface area contributed by atoms with Gasteiger partial charge in [-0.15, -0.1) is 11.8 Å². The van der Waals surface area contributed by atoms with Gasteiger partial charge in [0.1, 0.15) is 0 Å². The number of thioether (sulfide) groups is 1. The summed E-state index contributed by atoms with van der Waals surface area (Å²) in [5.74, 6) is 1.20. The number of hydrogen-bond donors (Lipinski definition) is 0. The Kier molecular flexibility index (Phi) is 5.25. The van der Waals surface area contributed by atoms with Crippen molar-refractivity contribution in [3.05, 3.63) is 24.3 Å². The molecule has 0 N–H and O–H groups in total. The molecule has 0 aliphatic carbocycles. The van der Waals surface area contributed by atoms with Gasteiger partial charge in [0.15, 0.2) is 0 Å². The van der Waals surface area contributed by atoms with E-state index in [1.54, 1.807) is 0 Å². The van der Waals surface area contributed by atoms with Crippen LogP contribution < -0.4 is 0 Å². The maximum absolute atomic E-state index is 5.21. The highest BCUT2D eigenvalue weighted by atomic mass is 32.2. The Morgan fingerprint density at radius 2 is 2.00 bits per heavy atom. The van der Waals surface area contributed by atoms with E-state index in [-0.39, 0.29) is 0 Å². The fourth-order valence-corrected chi connectivity index (χ4v) is 2.38. The standard InChI is InChI=1S/C11H15S2/c1-2-3-6-9-13-11-8-5-4-7-10(11)12/h4-5,7-8H,2-3,6,9H2,1H3. The lowest BCUT2D eigenvalue weighted by molar-refractivity contribution is 0.778. The van der Waals surface area contributed by atoms with Crippen LogP contribution in [0.3, 0.4) is 0 Å². The predicted octanol–water partition coefficient (Wildman–Crippen LogP) is 4.53. The second-order valence-corrected chi connectivity index (χ2v) is 4.58. The van der Waals surface area contributed by atoms with Crippen LogP contribution >= 0.6 is 24.4 Å². The first-order chi connectivity index (χ1) is 6.34. The molecule has 0 atom stereocenters. The third-order valence-electron chi connectivity index (χ3n) is 1.85. The number of rotatable bonds is 5. The molecule has 2 heteroatoms. The largest absolute Gasteiger partial charge is 0.125 e. The molecule has 0 fully saturated rings. The third kappa shape index (κ3) is 4.01. The van der Waals surface area contributed by atoms with Gasteiger partial charge >= 0.3 is 0 Å². The molecule has 0 aromatic heterocycles. The fourth-order valence-electron chi connectivity index (χ4n) is 1.10. The molecule has 1 aromatic carbocycles. The molecule has 0 saturated carbocycles. The van der Waals surface area contributed by atoms with Crippen molar-refractivity contribution >= 4 is 24.4 Å². The van der Waals surface area contributed by atoms with Crippen LogP contribution in [0.1, 0.15) is 26.2 Å². The summed E-state index contributed by atoms with van der Waals surface area (Å²) in [5.41, 5.74) is 0. The normalized spacial score (nSPS) is 10.2. The zero-order valence-corrected chi connectivity index (χ0v) is 9.59. The van der Waals surface area contributed by atoms with Gasteiger partial charge < -0.3 is 0 Å². The lowest BCUT2D eigenvalue weighted by Crippen LogP contribution is -1.81. The summed E-state index contributed by atoms with van der Waals surface area (Å²) in [4.78, 5) is 2.25. The number of benzene rings is 1. The summed E-state index contributed by atoms with van der Waals surface area (Å²) in [6.45, 7) is 2.23. The molecule has 71 valence electrons. The quantitative estimate of drug-likeness (QED) is 0.509. The zero-order chi connectivity index (χ0) is 9.52. The maximum atomic E-state index is 5.21. The molecule has 1 aromatic rings. The van der Waals surface area contributed by atoms with E-state index in [1.807, 2.05) is 23.9 Å². The molecule has 0 unspecified atom stereocenters. The van der Waals surface area contributed by atoms with Crippen molar-refractivity contribution in [2.75, 3.05) is 5.75 Å². The van der Waals surface area contributed by atoms with Gasteiger partial charge in [0.25, 0.3) is 0 Å². The molecule has 0 heterocycles. The average Bonchev–Trinajstić information content (AvgIpc) is 2.15. The van der Waals surface area contributed by atoms with Gasteiger partial charge in [-0.25, -0.2) is 0 Å². The lowest BCUT2D eigenvalue weighted by atomic mass is 10.3. The smallest absolute Gasteiger partial charge is 0.0512 e. The topological polar surface area (TPSA) is 0 Å². The first kappa shape index (κ1) is 10.9. The molecule has 0 aliphatic heterocycles. The summed E-state index contributed by atoms with van der Waals surface area (Å²) in [7, 11) is 0. The van der Waals surface area contributed by atoms with Crippen molar-refractivity contribution in [2.24, 2.45) is 0 Å². The summed E-state index contributed by atoms with van der Waals surface area (Å²) in [6.07, 6.45) is 3.91. The second kappa shape index (κ2) is 6.28. The minimum atomic E-state index is 0.990. The van der Waals surface area contributed by atoms with Crippen LogP contribution in [0.4, 0.5) is 0 Å². The van der Waals surface area contributed by atoms with Gasteiger partial charge in [-0.1, -0.05) is 44.5 Å². The van der Waals surface area contributed by atoms with Crippen molar-refractivity contribution in [1.82, 2.24) is 0 Å². The highest BCUT2D eigenvalue weighted by Gasteiger charge is 1.97. The van der Waals surface area contributed by atoms with E-state index in [2.05, 4.69) is 19.1 Å². The van der Waals surface area contributed by atoms with Gasteiger partial charge in [0.2, 0.25) is 0 Å². The van der Waals surface area contributed by atoms with Crippen molar-refractivity contribution in [3.63, 3.8) is 0 Å². The summed E-state index contributed by atoms with van der Waals surface area (Å²) >= 11 is 7.09. The van der Waals surface area contributed by atoms with Gasteiger partial charge in [0, 0.05) is 4.90 Å². The van der Waals surface area contributed by atoms with E-state index in [1.165, 1.54) is 29.9 Å². The monoisotopic (exact) mass is 211 g/mol. The van der Waals surface area contributed by atoms with Crippen molar-refractivity contribution < 1.29 is 0 Å². The SMILES string of the molecule is CCCCCSc1ccccc1[S]. The van der Waals surface area contributed by atoms with Crippen molar-refractivity contribution in [1.29, 1.82) is 0 Å². The Bertz CT molecular complexity index is 246. The summed E-state index contributed by atoms with van der Waals surface area (Å²) in [5, 5.41) is 0. The summed E-state index contributed by atoms with van der Waals surface area (Å²) < 4.78 is 0. The van der Waals surface area contributed by atoms with Crippen molar-refractivity contribution in [2.45, 2.75) is 36.0 Å². The molecule has 0 bridgehead atoms. The predicted molar refractivity (Wildman–Crippen MR) is 62.5 cm³/mol. The molecule has 1 radical (unpaired) electrons. The molecular weight excluding hydrogens is 196 g/mol. The average molecular weight is 211 g/mol. The highest BCUT2D eigenvalue weighted by Crippen LogP contribution is 2.25. The Labute approximate surface area is 90.5 Å². The molecule has 0 aliphatic rings. The van der Waals surface area contributed by atoms with E-state index in [9.17, 15) is 0 Å². The number of hydrogen-bond acceptors (Lipinski definition) is 1. The first-order valence-electron chi connectivity index (χ1n) is 4.73. The van der Waals surface area contributed by atoms with Crippen LogP contribution in [0.25, 0.3) is 0 Å². The Hall–Kier alpha value is -0.210. The van der Waals surface area contributed by atoms with Crippen LogP contribution in [0.5, 0.6) is 0 Å². The van der Waals surface area contributed by atoms with E-state index in [0.717, 1.165) is 4.90 Å². The molecule has 0 amide bonds. The van der Waals surface area contributed by atoms with E-state index in [4.69, 9.17) is 12.6 Å². The molecular formula is C11H15S2. The van der Waals surface area contributed by atoms with Crippen LogP contribution in [-0.2, 0) is 0 Å².